The highest BCUT2D eigenvalue weighted by Gasteiger charge is 2.11. The maximum absolute atomic E-state index is 5.68. The first-order chi connectivity index (χ1) is 10.3. The molecule has 112 valence electrons. The number of hydrogen-bond donors (Lipinski definition) is 1. The SMILES string of the molecule is CCc1ccc(CNc2ccc(N3CCCCC3)nc2)o1. The summed E-state index contributed by atoms with van der Waals surface area (Å²) in [5.74, 6) is 3.09. The molecule has 1 fully saturated rings. The zero-order chi connectivity index (χ0) is 14.5. The summed E-state index contributed by atoms with van der Waals surface area (Å²) in [6, 6.07) is 8.27. The van der Waals surface area contributed by atoms with E-state index in [1.54, 1.807) is 0 Å². The minimum atomic E-state index is 0.699. The van der Waals surface area contributed by atoms with Crippen LogP contribution in [0.15, 0.2) is 34.9 Å². The lowest BCUT2D eigenvalue weighted by atomic mass is 10.1. The Hall–Kier alpha value is -1.97. The quantitative estimate of drug-likeness (QED) is 0.906. The molecule has 3 rings (SSSR count). The first kappa shape index (κ1) is 14.0. The van der Waals surface area contributed by atoms with Crippen molar-refractivity contribution in [3.05, 3.63) is 42.0 Å². The monoisotopic (exact) mass is 285 g/mol. The Bertz CT molecular complexity index is 556. The van der Waals surface area contributed by atoms with Gasteiger partial charge in [-0.05, 0) is 43.5 Å². The van der Waals surface area contributed by atoms with Crippen LogP contribution in [-0.4, -0.2) is 18.1 Å². The van der Waals surface area contributed by atoms with Crippen molar-refractivity contribution < 1.29 is 4.42 Å². The predicted molar refractivity (Wildman–Crippen MR) is 85.7 cm³/mol. The number of furan rings is 1. The lowest BCUT2D eigenvalue weighted by Gasteiger charge is -2.27. The minimum absolute atomic E-state index is 0.699. The average Bonchev–Trinajstić information content (AvgIpc) is 3.02. The van der Waals surface area contributed by atoms with Crippen molar-refractivity contribution in [2.75, 3.05) is 23.3 Å². The first-order valence-corrected chi connectivity index (χ1v) is 7.87. The third-order valence-corrected chi connectivity index (χ3v) is 3.96. The summed E-state index contributed by atoms with van der Waals surface area (Å²) in [4.78, 5) is 6.94. The topological polar surface area (TPSA) is 41.3 Å². The van der Waals surface area contributed by atoms with Crippen LogP contribution in [0.25, 0.3) is 0 Å². The number of nitrogens with zero attached hydrogens (tertiary/aromatic N) is 2. The minimum Gasteiger partial charge on any atom is -0.464 e. The van der Waals surface area contributed by atoms with E-state index in [-0.39, 0.29) is 0 Å². The molecule has 21 heavy (non-hydrogen) atoms. The summed E-state index contributed by atoms with van der Waals surface area (Å²) in [7, 11) is 0. The van der Waals surface area contributed by atoms with Gasteiger partial charge in [-0.3, -0.25) is 0 Å². The molecule has 0 bridgehead atoms. The molecule has 0 aliphatic carbocycles. The van der Waals surface area contributed by atoms with E-state index < -0.39 is 0 Å². The van der Waals surface area contributed by atoms with Crippen molar-refractivity contribution in [2.24, 2.45) is 0 Å². The number of anilines is 2. The lowest BCUT2D eigenvalue weighted by Crippen LogP contribution is -2.30. The molecule has 0 aromatic carbocycles. The van der Waals surface area contributed by atoms with Gasteiger partial charge in [0, 0.05) is 19.5 Å². The molecule has 2 aromatic rings. The van der Waals surface area contributed by atoms with Crippen LogP contribution in [0.3, 0.4) is 0 Å². The van der Waals surface area contributed by atoms with E-state index in [4.69, 9.17) is 4.42 Å². The third kappa shape index (κ3) is 3.57. The number of aromatic nitrogens is 1. The van der Waals surface area contributed by atoms with Crippen LogP contribution in [0.1, 0.15) is 37.7 Å². The van der Waals surface area contributed by atoms with Crippen molar-refractivity contribution in [1.82, 2.24) is 4.98 Å². The zero-order valence-electron chi connectivity index (χ0n) is 12.6. The zero-order valence-corrected chi connectivity index (χ0v) is 12.6. The molecule has 1 saturated heterocycles. The normalized spacial score (nSPS) is 15.2. The molecular weight excluding hydrogens is 262 g/mol. The fourth-order valence-electron chi connectivity index (χ4n) is 2.70. The fourth-order valence-corrected chi connectivity index (χ4v) is 2.70. The van der Waals surface area contributed by atoms with Gasteiger partial charge in [0.05, 0.1) is 18.4 Å². The van der Waals surface area contributed by atoms with E-state index in [0.29, 0.717) is 6.54 Å². The molecule has 0 saturated carbocycles. The highest BCUT2D eigenvalue weighted by atomic mass is 16.3. The van der Waals surface area contributed by atoms with Crippen LogP contribution in [-0.2, 0) is 13.0 Å². The standard InChI is InChI=1S/C17H23N3O/c1-2-15-7-8-16(21-15)13-18-14-6-9-17(19-12-14)20-10-4-3-5-11-20/h6-9,12,18H,2-5,10-11,13H2,1H3. The van der Waals surface area contributed by atoms with Crippen LogP contribution in [0.4, 0.5) is 11.5 Å². The number of rotatable bonds is 5. The summed E-state index contributed by atoms with van der Waals surface area (Å²) >= 11 is 0. The van der Waals surface area contributed by atoms with Crippen LogP contribution in [0, 0.1) is 0 Å². The van der Waals surface area contributed by atoms with Crippen molar-refractivity contribution in [1.29, 1.82) is 0 Å². The Morgan fingerprint density at radius 1 is 1.10 bits per heavy atom. The molecular formula is C17H23N3O. The summed E-state index contributed by atoms with van der Waals surface area (Å²) < 4.78 is 5.68. The largest absolute Gasteiger partial charge is 0.464 e. The molecule has 4 nitrogen and oxygen atoms in total. The molecule has 4 heteroatoms. The van der Waals surface area contributed by atoms with Gasteiger partial charge in [-0.1, -0.05) is 6.92 Å². The van der Waals surface area contributed by atoms with Crippen LogP contribution in [0.5, 0.6) is 0 Å². The Kier molecular flexibility index (Phi) is 4.43. The Morgan fingerprint density at radius 2 is 1.90 bits per heavy atom. The molecule has 1 N–H and O–H groups in total. The van der Waals surface area contributed by atoms with Gasteiger partial charge >= 0.3 is 0 Å². The van der Waals surface area contributed by atoms with Gasteiger partial charge in [0.2, 0.25) is 0 Å². The van der Waals surface area contributed by atoms with Gasteiger partial charge in [0.25, 0.3) is 0 Å². The summed E-state index contributed by atoms with van der Waals surface area (Å²) in [6.45, 7) is 5.06. The molecule has 0 radical (unpaired) electrons. The van der Waals surface area contributed by atoms with Gasteiger partial charge < -0.3 is 14.6 Å². The molecule has 2 aromatic heterocycles. The van der Waals surface area contributed by atoms with Gasteiger partial charge in [-0.15, -0.1) is 0 Å². The van der Waals surface area contributed by atoms with Gasteiger partial charge in [0.1, 0.15) is 17.3 Å². The first-order valence-electron chi connectivity index (χ1n) is 7.87. The molecule has 0 spiro atoms. The Morgan fingerprint density at radius 3 is 2.57 bits per heavy atom. The fraction of sp³-hybridized carbons (Fsp3) is 0.471. The van der Waals surface area contributed by atoms with Crippen molar-refractivity contribution in [3.8, 4) is 0 Å². The summed E-state index contributed by atoms with van der Waals surface area (Å²) in [6.07, 6.45) is 6.75. The van der Waals surface area contributed by atoms with Gasteiger partial charge in [0.15, 0.2) is 0 Å². The van der Waals surface area contributed by atoms with Crippen molar-refractivity contribution in [2.45, 2.75) is 39.2 Å². The predicted octanol–water partition coefficient (Wildman–Crippen LogP) is 3.84. The Balaban J connectivity index is 1.56. The second kappa shape index (κ2) is 6.66. The van der Waals surface area contributed by atoms with Gasteiger partial charge in [-0.25, -0.2) is 4.98 Å². The molecule has 3 heterocycles. The van der Waals surface area contributed by atoms with E-state index in [2.05, 4.69) is 34.3 Å². The van der Waals surface area contributed by atoms with Gasteiger partial charge in [-0.2, -0.15) is 0 Å². The maximum Gasteiger partial charge on any atom is 0.128 e. The van der Waals surface area contributed by atoms with E-state index >= 15 is 0 Å². The van der Waals surface area contributed by atoms with E-state index in [0.717, 1.165) is 42.5 Å². The van der Waals surface area contributed by atoms with Crippen LogP contribution >= 0.6 is 0 Å². The highest BCUT2D eigenvalue weighted by Crippen LogP contribution is 2.19. The number of nitrogens with one attached hydrogen (secondary N) is 1. The van der Waals surface area contributed by atoms with Crippen molar-refractivity contribution >= 4 is 11.5 Å². The molecule has 1 aliphatic rings. The van der Waals surface area contributed by atoms with E-state index in [9.17, 15) is 0 Å². The van der Waals surface area contributed by atoms with E-state index in [1.165, 1.54) is 19.3 Å². The smallest absolute Gasteiger partial charge is 0.128 e. The highest BCUT2D eigenvalue weighted by molar-refractivity contribution is 5.48. The second-order valence-electron chi connectivity index (χ2n) is 5.53. The third-order valence-electron chi connectivity index (χ3n) is 3.96. The van der Waals surface area contributed by atoms with E-state index in [1.807, 2.05) is 18.3 Å². The molecule has 0 unspecified atom stereocenters. The maximum atomic E-state index is 5.68. The van der Waals surface area contributed by atoms with Crippen molar-refractivity contribution in [3.63, 3.8) is 0 Å². The number of pyridine rings is 1. The molecule has 1 aliphatic heterocycles. The Labute approximate surface area is 126 Å². The molecule has 0 atom stereocenters. The average molecular weight is 285 g/mol. The number of piperidine rings is 1. The van der Waals surface area contributed by atoms with Crippen LogP contribution < -0.4 is 10.2 Å². The summed E-state index contributed by atoms with van der Waals surface area (Å²) in [5, 5.41) is 3.35. The lowest BCUT2D eigenvalue weighted by molar-refractivity contribution is 0.476. The van der Waals surface area contributed by atoms with Crippen LogP contribution in [0.2, 0.25) is 0 Å². The second-order valence-corrected chi connectivity index (χ2v) is 5.53. The molecule has 0 amide bonds. The number of hydrogen-bond acceptors (Lipinski definition) is 4. The summed E-state index contributed by atoms with van der Waals surface area (Å²) in [5.41, 5.74) is 1.03. The number of aryl methyl sites for hydroxylation is 1.